The lowest BCUT2D eigenvalue weighted by atomic mass is 10.1. The SMILES string of the molecule is Clc1cc2c(cc1C(Br)c1sccc1Br)OCCO2. The minimum atomic E-state index is 0.0326. The third-order valence-corrected chi connectivity index (χ3v) is 6.33. The van der Waals surface area contributed by atoms with Crippen molar-refractivity contribution >= 4 is 54.8 Å². The molecule has 0 N–H and O–H groups in total. The standard InChI is InChI=1S/C13H9Br2ClO2S/c14-8-1-4-19-13(8)12(15)7-5-10-11(6-9(7)16)18-3-2-17-10/h1,4-6,12H,2-3H2. The van der Waals surface area contributed by atoms with Crippen LogP contribution in [0.4, 0.5) is 0 Å². The van der Waals surface area contributed by atoms with E-state index in [0.29, 0.717) is 24.0 Å². The van der Waals surface area contributed by atoms with Crippen LogP contribution in [0.3, 0.4) is 0 Å². The van der Waals surface area contributed by atoms with Gasteiger partial charge >= 0.3 is 0 Å². The van der Waals surface area contributed by atoms with E-state index in [1.54, 1.807) is 11.3 Å². The van der Waals surface area contributed by atoms with Gasteiger partial charge in [0.25, 0.3) is 0 Å². The van der Waals surface area contributed by atoms with Crippen molar-refractivity contribution in [3.8, 4) is 11.5 Å². The Kier molecular flexibility index (Phi) is 4.08. The zero-order valence-electron chi connectivity index (χ0n) is 9.66. The number of thiophene rings is 1. The van der Waals surface area contributed by atoms with Gasteiger partial charge < -0.3 is 9.47 Å². The molecule has 100 valence electrons. The van der Waals surface area contributed by atoms with Crippen LogP contribution in [0.15, 0.2) is 28.1 Å². The van der Waals surface area contributed by atoms with Gasteiger partial charge in [-0.25, -0.2) is 0 Å². The van der Waals surface area contributed by atoms with Gasteiger partial charge in [0.2, 0.25) is 0 Å². The summed E-state index contributed by atoms with van der Waals surface area (Å²) in [5.41, 5.74) is 0.981. The van der Waals surface area contributed by atoms with Crippen LogP contribution in [0, 0.1) is 0 Å². The Morgan fingerprint density at radius 3 is 2.53 bits per heavy atom. The van der Waals surface area contributed by atoms with E-state index in [4.69, 9.17) is 21.1 Å². The first-order chi connectivity index (χ1) is 9.16. The molecule has 1 aliphatic heterocycles. The summed E-state index contributed by atoms with van der Waals surface area (Å²) in [7, 11) is 0. The molecule has 6 heteroatoms. The van der Waals surface area contributed by atoms with Gasteiger partial charge in [-0.2, -0.15) is 0 Å². The summed E-state index contributed by atoms with van der Waals surface area (Å²) in [4.78, 5) is 1.21. The number of fused-ring (bicyclic) bond motifs is 1. The third-order valence-electron chi connectivity index (χ3n) is 2.81. The number of benzene rings is 1. The Labute approximate surface area is 136 Å². The van der Waals surface area contributed by atoms with Crippen molar-refractivity contribution in [2.24, 2.45) is 0 Å². The van der Waals surface area contributed by atoms with Crippen molar-refractivity contribution in [2.75, 3.05) is 13.2 Å². The first kappa shape index (κ1) is 13.7. The molecule has 1 atom stereocenters. The maximum Gasteiger partial charge on any atom is 0.162 e. The number of hydrogen-bond acceptors (Lipinski definition) is 3. The molecular weight excluding hydrogens is 415 g/mol. The molecule has 1 aromatic carbocycles. The highest BCUT2D eigenvalue weighted by Gasteiger charge is 2.22. The molecule has 19 heavy (non-hydrogen) atoms. The fourth-order valence-electron chi connectivity index (χ4n) is 1.90. The smallest absolute Gasteiger partial charge is 0.162 e. The van der Waals surface area contributed by atoms with Crippen LogP contribution < -0.4 is 9.47 Å². The Morgan fingerprint density at radius 1 is 1.21 bits per heavy atom. The lowest BCUT2D eigenvalue weighted by molar-refractivity contribution is 0.171. The molecular formula is C13H9Br2ClO2S. The van der Waals surface area contributed by atoms with Crippen molar-refractivity contribution in [1.29, 1.82) is 0 Å². The number of halogens is 3. The third kappa shape index (κ3) is 2.66. The van der Waals surface area contributed by atoms with E-state index in [0.717, 1.165) is 15.8 Å². The van der Waals surface area contributed by atoms with Gasteiger partial charge in [0.15, 0.2) is 11.5 Å². The van der Waals surface area contributed by atoms with E-state index in [-0.39, 0.29) is 4.83 Å². The second kappa shape index (κ2) is 5.64. The average Bonchev–Trinajstić information content (AvgIpc) is 2.83. The summed E-state index contributed by atoms with van der Waals surface area (Å²) in [5, 5.41) is 2.71. The van der Waals surface area contributed by atoms with Crippen molar-refractivity contribution in [3.63, 3.8) is 0 Å². The van der Waals surface area contributed by atoms with E-state index >= 15 is 0 Å². The molecule has 2 heterocycles. The van der Waals surface area contributed by atoms with Crippen molar-refractivity contribution < 1.29 is 9.47 Å². The van der Waals surface area contributed by atoms with Gasteiger partial charge in [-0.15, -0.1) is 11.3 Å². The van der Waals surface area contributed by atoms with Gasteiger partial charge in [-0.1, -0.05) is 27.5 Å². The number of hydrogen-bond donors (Lipinski definition) is 0. The predicted molar refractivity (Wildman–Crippen MR) is 85.2 cm³/mol. The van der Waals surface area contributed by atoms with E-state index in [1.165, 1.54) is 4.88 Å². The zero-order valence-corrected chi connectivity index (χ0v) is 14.4. The van der Waals surface area contributed by atoms with Crippen LogP contribution in [0.2, 0.25) is 5.02 Å². The first-order valence-electron chi connectivity index (χ1n) is 5.63. The molecule has 0 aliphatic carbocycles. The zero-order chi connectivity index (χ0) is 13.4. The average molecular weight is 425 g/mol. The van der Waals surface area contributed by atoms with Crippen molar-refractivity contribution in [2.45, 2.75) is 4.83 Å². The maximum atomic E-state index is 6.35. The summed E-state index contributed by atoms with van der Waals surface area (Å²) in [6.07, 6.45) is 0. The van der Waals surface area contributed by atoms with Crippen molar-refractivity contribution in [3.05, 3.63) is 43.5 Å². The van der Waals surface area contributed by atoms with Gasteiger partial charge in [0, 0.05) is 20.4 Å². The van der Waals surface area contributed by atoms with E-state index in [1.807, 2.05) is 23.6 Å². The summed E-state index contributed by atoms with van der Waals surface area (Å²) in [6, 6.07) is 5.80. The Balaban J connectivity index is 2.03. The maximum absolute atomic E-state index is 6.35. The molecule has 1 aromatic heterocycles. The molecule has 1 aliphatic rings. The van der Waals surface area contributed by atoms with E-state index < -0.39 is 0 Å². The number of alkyl halides is 1. The van der Waals surface area contributed by atoms with Crippen LogP contribution in [-0.4, -0.2) is 13.2 Å². The van der Waals surface area contributed by atoms with Gasteiger partial charge in [-0.3, -0.25) is 0 Å². The minimum absolute atomic E-state index is 0.0326. The minimum Gasteiger partial charge on any atom is -0.486 e. The summed E-state index contributed by atoms with van der Waals surface area (Å²) >= 11 is 15.3. The molecule has 1 unspecified atom stereocenters. The highest BCUT2D eigenvalue weighted by Crippen LogP contribution is 2.45. The molecule has 2 nitrogen and oxygen atoms in total. The molecule has 0 bridgehead atoms. The number of ether oxygens (including phenoxy) is 2. The van der Waals surface area contributed by atoms with Crippen molar-refractivity contribution in [1.82, 2.24) is 0 Å². The molecule has 0 spiro atoms. The second-order valence-electron chi connectivity index (χ2n) is 4.01. The van der Waals surface area contributed by atoms with Crippen LogP contribution in [0.1, 0.15) is 15.3 Å². The number of rotatable bonds is 2. The van der Waals surface area contributed by atoms with Crippen LogP contribution >= 0.6 is 54.8 Å². The Hall–Kier alpha value is -0.230. The molecule has 0 saturated heterocycles. The van der Waals surface area contributed by atoms with Gasteiger partial charge in [-0.05, 0) is 39.0 Å². The highest BCUT2D eigenvalue weighted by molar-refractivity contribution is 9.11. The fourth-order valence-corrected chi connectivity index (χ4v) is 5.15. The topological polar surface area (TPSA) is 18.5 Å². The van der Waals surface area contributed by atoms with Crippen LogP contribution in [0.25, 0.3) is 0 Å². The van der Waals surface area contributed by atoms with E-state index in [9.17, 15) is 0 Å². The summed E-state index contributed by atoms with van der Waals surface area (Å²) < 4.78 is 12.2. The first-order valence-corrected chi connectivity index (χ1v) is 8.59. The molecule has 0 saturated carbocycles. The van der Waals surface area contributed by atoms with E-state index in [2.05, 4.69) is 31.9 Å². The van der Waals surface area contributed by atoms with Crippen LogP contribution in [-0.2, 0) is 0 Å². The summed E-state index contributed by atoms with van der Waals surface area (Å²) in [6.45, 7) is 1.14. The highest BCUT2D eigenvalue weighted by atomic mass is 79.9. The molecule has 3 rings (SSSR count). The lowest BCUT2D eigenvalue weighted by Gasteiger charge is -2.21. The van der Waals surface area contributed by atoms with Gasteiger partial charge in [0.05, 0.1) is 4.83 Å². The second-order valence-corrected chi connectivity index (χ2v) is 7.14. The Morgan fingerprint density at radius 2 is 1.89 bits per heavy atom. The molecule has 0 fully saturated rings. The lowest BCUT2D eigenvalue weighted by Crippen LogP contribution is -2.15. The molecule has 0 amide bonds. The Bertz CT molecular complexity index is 615. The largest absolute Gasteiger partial charge is 0.486 e. The quantitative estimate of drug-likeness (QED) is 0.600. The monoisotopic (exact) mass is 422 g/mol. The normalized spacial score (nSPS) is 15.3. The fraction of sp³-hybridized carbons (Fsp3) is 0.231. The molecule has 0 radical (unpaired) electrons. The van der Waals surface area contributed by atoms with Gasteiger partial charge in [0.1, 0.15) is 13.2 Å². The molecule has 2 aromatic rings. The summed E-state index contributed by atoms with van der Waals surface area (Å²) in [5.74, 6) is 1.47. The predicted octanol–water partition coefficient (Wildman–Crippen LogP) is 5.42. The van der Waals surface area contributed by atoms with Crippen LogP contribution in [0.5, 0.6) is 11.5 Å².